The quantitative estimate of drug-likeness (QED) is 0.817. The van der Waals surface area contributed by atoms with Crippen molar-refractivity contribution in [1.82, 2.24) is 9.66 Å². The lowest BCUT2D eigenvalue weighted by atomic mass is 10.1. The normalized spacial score (nSPS) is 15.3. The number of hydrogen-bond donors (Lipinski definition) is 2. The van der Waals surface area contributed by atoms with Gasteiger partial charge in [-0.25, -0.2) is 9.66 Å². The summed E-state index contributed by atoms with van der Waals surface area (Å²) in [4.78, 5) is 4.65. The van der Waals surface area contributed by atoms with Gasteiger partial charge in [0.2, 0.25) is 0 Å². The minimum atomic E-state index is 0.412. The Morgan fingerprint density at radius 1 is 1.20 bits per heavy atom. The van der Waals surface area contributed by atoms with E-state index in [1.807, 2.05) is 12.1 Å². The number of rotatable bonds is 2. The van der Waals surface area contributed by atoms with Gasteiger partial charge in [-0.05, 0) is 25.0 Å². The van der Waals surface area contributed by atoms with Crippen LogP contribution in [0.2, 0.25) is 0 Å². The predicted molar refractivity (Wildman–Crippen MR) is 78.1 cm³/mol. The molecule has 1 fully saturated rings. The number of benzene rings is 1. The number of imidazole rings is 1. The van der Waals surface area contributed by atoms with Gasteiger partial charge in [0.1, 0.15) is 11.5 Å². The highest BCUT2D eigenvalue weighted by atomic mass is 15.4. The van der Waals surface area contributed by atoms with E-state index in [0.29, 0.717) is 23.0 Å². The second-order valence-corrected chi connectivity index (χ2v) is 5.24. The predicted octanol–water partition coefficient (Wildman–Crippen LogP) is 2.38. The number of anilines is 1. The Hall–Kier alpha value is -2.48. The maximum Gasteiger partial charge on any atom is 0.150 e. The van der Waals surface area contributed by atoms with Crippen LogP contribution in [0.5, 0.6) is 0 Å². The largest absolute Gasteiger partial charge is 0.382 e. The van der Waals surface area contributed by atoms with Gasteiger partial charge in [-0.3, -0.25) is 0 Å². The van der Waals surface area contributed by atoms with Crippen molar-refractivity contribution in [3.63, 3.8) is 0 Å². The fourth-order valence-corrected chi connectivity index (χ4v) is 2.85. The summed E-state index contributed by atoms with van der Waals surface area (Å²) in [6.45, 7) is 0. The number of nitrogens with zero attached hydrogens (tertiary/aromatic N) is 3. The summed E-state index contributed by atoms with van der Waals surface area (Å²) in [5.41, 5.74) is 8.31. The van der Waals surface area contributed by atoms with Gasteiger partial charge in [0.15, 0.2) is 5.82 Å². The van der Waals surface area contributed by atoms with Crippen LogP contribution in [0.1, 0.15) is 43.0 Å². The molecule has 1 saturated carbocycles. The molecule has 5 heteroatoms. The lowest BCUT2D eigenvalue weighted by Crippen LogP contribution is -2.17. The van der Waals surface area contributed by atoms with Crippen molar-refractivity contribution in [2.45, 2.75) is 31.6 Å². The van der Waals surface area contributed by atoms with Gasteiger partial charge in [0.25, 0.3) is 0 Å². The zero-order valence-corrected chi connectivity index (χ0v) is 11.2. The molecule has 4 N–H and O–H groups in total. The van der Waals surface area contributed by atoms with Crippen LogP contribution in [0, 0.1) is 11.3 Å². The van der Waals surface area contributed by atoms with E-state index >= 15 is 0 Å². The Morgan fingerprint density at radius 2 is 1.85 bits per heavy atom. The Balaban J connectivity index is 2.01. The summed E-state index contributed by atoms with van der Waals surface area (Å²) < 4.78 is 1.52. The molecule has 0 saturated heterocycles. The molecule has 102 valence electrons. The van der Waals surface area contributed by atoms with Crippen LogP contribution in [-0.2, 0) is 0 Å². The third-order valence-corrected chi connectivity index (χ3v) is 3.98. The Labute approximate surface area is 117 Å². The first-order valence-corrected chi connectivity index (χ1v) is 6.84. The van der Waals surface area contributed by atoms with E-state index < -0.39 is 0 Å². The van der Waals surface area contributed by atoms with Gasteiger partial charge in [-0.1, -0.05) is 25.0 Å². The topological polar surface area (TPSA) is 93.6 Å². The molecule has 5 nitrogen and oxygen atoms in total. The van der Waals surface area contributed by atoms with Crippen molar-refractivity contribution >= 4 is 5.82 Å². The Kier molecular flexibility index (Phi) is 3.07. The zero-order valence-electron chi connectivity index (χ0n) is 11.2. The number of nitrogen functional groups attached to an aromatic ring is 2. The highest BCUT2D eigenvalue weighted by Crippen LogP contribution is 2.36. The minimum Gasteiger partial charge on any atom is -0.382 e. The molecule has 0 unspecified atom stereocenters. The van der Waals surface area contributed by atoms with E-state index in [1.165, 1.54) is 17.5 Å². The highest BCUT2D eigenvalue weighted by molar-refractivity contribution is 5.71. The van der Waals surface area contributed by atoms with Crippen molar-refractivity contribution in [3.8, 4) is 17.3 Å². The average molecular weight is 267 g/mol. The van der Waals surface area contributed by atoms with Crippen LogP contribution in [0.15, 0.2) is 24.3 Å². The van der Waals surface area contributed by atoms with Crippen LogP contribution in [0.3, 0.4) is 0 Å². The second-order valence-electron chi connectivity index (χ2n) is 5.24. The van der Waals surface area contributed by atoms with Gasteiger partial charge in [0, 0.05) is 11.5 Å². The van der Waals surface area contributed by atoms with E-state index in [9.17, 15) is 0 Å². The third kappa shape index (κ3) is 1.99. The van der Waals surface area contributed by atoms with Gasteiger partial charge in [-0.2, -0.15) is 5.26 Å². The first kappa shape index (κ1) is 12.5. The first-order chi connectivity index (χ1) is 9.70. The highest BCUT2D eigenvalue weighted by Gasteiger charge is 2.24. The van der Waals surface area contributed by atoms with E-state index in [-0.39, 0.29) is 0 Å². The molecule has 2 aromatic rings. The smallest absolute Gasteiger partial charge is 0.150 e. The molecule has 3 rings (SSSR count). The maximum atomic E-state index is 8.83. The molecule has 0 atom stereocenters. The summed E-state index contributed by atoms with van der Waals surface area (Å²) in [5, 5.41) is 8.83. The molecule has 0 aliphatic heterocycles. The van der Waals surface area contributed by atoms with Gasteiger partial charge in [-0.15, -0.1) is 0 Å². The van der Waals surface area contributed by atoms with Crippen LogP contribution >= 0.6 is 0 Å². The molecular formula is C15H17N5. The first-order valence-electron chi connectivity index (χ1n) is 6.84. The van der Waals surface area contributed by atoms with Crippen LogP contribution in [0.4, 0.5) is 5.82 Å². The van der Waals surface area contributed by atoms with Crippen LogP contribution < -0.4 is 11.6 Å². The molecule has 1 aliphatic carbocycles. The molecule has 1 aromatic heterocycles. The summed E-state index contributed by atoms with van der Waals surface area (Å²) >= 11 is 0. The number of aromatic nitrogens is 2. The number of nitrogens with two attached hydrogens (primary N) is 2. The van der Waals surface area contributed by atoms with Gasteiger partial charge >= 0.3 is 0 Å². The fraction of sp³-hybridized carbons (Fsp3) is 0.333. The minimum absolute atomic E-state index is 0.412. The van der Waals surface area contributed by atoms with Gasteiger partial charge in [0.05, 0.1) is 11.6 Å². The molecule has 0 amide bonds. The summed E-state index contributed by atoms with van der Waals surface area (Å²) in [6, 6.07) is 9.34. The summed E-state index contributed by atoms with van der Waals surface area (Å²) in [7, 11) is 0. The zero-order chi connectivity index (χ0) is 14.1. The number of nitriles is 1. The molecule has 20 heavy (non-hydrogen) atoms. The second kappa shape index (κ2) is 4.89. The van der Waals surface area contributed by atoms with Crippen LogP contribution in [0.25, 0.3) is 11.3 Å². The van der Waals surface area contributed by atoms with E-state index in [2.05, 4.69) is 11.1 Å². The van der Waals surface area contributed by atoms with Crippen molar-refractivity contribution < 1.29 is 0 Å². The van der Waals surface area contributed by atoms with Crippen LogP contribution in [-0.4, -0.2) is 9.66 Å². The molecular weight excluding hydrogens is 250 g/mol. The van der Waals surface area contributed by atoms with E-state index in [0.717, 1.165) is 24.2 Å². The average Bonchev–Trinajstić information content (AvgIpc) is 3.10. The molecule has 1 heterocycles. The van der Waals surface area contributed by atoms with E-state index in [4.69, 9.17) is 16.8 Å². The number of hydrogen-bond acceptors (Lipinski definition) is 4. The van der Waals surface area contributed by atoms with E-state index in [1.54, 1.807) is 12.1 Å². The lowest BCUT2D eigenvalue weighted by Gasteiger charge is -2.08. The van der Waals surface area contributed by atoms with Crippen molar-refractivity contribution in [1.29, 1.82) is 5.26 Å². The lowest BCUT2D eigenvalue weighted by molar-refractivity contribution is 0.648. The third-order valence-electron chi connectivity index (χ3n) is 3.98. The Morgan fingerprint density at radius 3 is 2.45 bits per heavy atom. The van der Waals surface area contributed by atoms with Crippen molar-refractivity contribution in [2.75, 3.05) is 11.6 Å². The molecule has 0 radical (unpaired) electrons. The molecule has 1 aliphatic rings. The Bertz CT molecular complexity index is 657. The SMILES string of the molecule is N#Cc1ccc(-c2nc(C3CCCC3)n(N)c2N)cc1. The summed E-state index contributed by atoms with van der Waals surface area (Å²) in [5.74, 6) is 7.82. The molecule has 0 spiro atoms. The fourth-order valence-electron chi connectivity index (χ4n) is 2.85. The monoisotopic (exact) mass is 267 g/mol. The van der Waals surface area contributed by atoms with Crippen molar-refractivity contribution in [3.05, 3.63) is 35.7 Å². The molecule has 0 bridgehead atoms. The maximum absolute atomic E-state index is 8.83. The van der Waals surface area contributed by atoms with Crippen molar-refractivity contribution in [2.24, 2.45) is 0 Å². The summed E-state index contributed by atoms with van der Waals surface area (Å²) in [6.07, 6.45) is 4.70. The standard InChI is InChI=1S/C15H17N5/c16-9-10-5-7-11(8-6-10)13-14(17)20(18)15(19-13)12-3-1-2-4-12/h5-8,12H,1-4,17-18H2. The van der Waals surface area contributed by atoms with Gasteiger partial charge < -0.3 is 11.6 Å². The molecule has 1 aromatic carbocycles.